The minimum atomic E-state index is -0.663. The van der Waals surface area contributed by atoms with Crippen molar-refractivity contribution in [2.24, 2.45) is 0 Å². The van der Waals surface area contributed by atoms with Gasteiger partial charge in [0, 0.05) is 30.3 Å². The van der Waals surface area contributed by atoms with E-state index in [1.165, 1.54) is 21.3 Å². The highest BCUT2D eigenvalue weighted by atomic mass is 19.1. The number of aryl methyl sites for hydroxylation is 1. The maximum absolute atomic E-state index is 13.8. The molecule has 0 amide bonds. The lowest BCUT2D eigenvalue weighted by Gasteiger charge is -2.34. The molecule has 31 heavy (non-hydrogen) atoms. The zero-order chi connectivity index (χ0) is 21.3. The molecule has 158 valence electrons. The third kappa shape index (κ3) is 2.74. The molecule has 0 N–H and O–H groups in total. The van der Waals surface area contributed by atoms with Gasteiger partial charge in [0.2, 0.25) is 0 Å². The first kappa shape index (κ1) is 18.3. The average molecular weight is 426 g/mol. The predicted octanol–water partition coefficient (Wildman–Crippen LogP) is 3.16. The van der Waals surface area contributed by atoms with E-state index >= 15 is 0 Å². The molecule has 0 radical (unpaired) electrons. The van der Waals surface area contributed by atoms with Gasteiger partial charge in [0.1, 0.15) is 17.5 Å². The van der Waals surface area contributed by atoms with Crippen LogP contribution >= 0.6 is 0 Å². The summed E-state index contributed by atoms with van der Waals surface area (Å²) in [6, 6.07) is 4.65. The standard InChI is InChI=1S/C21H17F3N6O/c22-13-5-11(6-14(23)9-13)17-1-2-19-27-29(21(31)28(17)19)15-7-12(8-15)18-3-4-25-20-16(24)10-26-30(18)20/h3-6,9-10,12,15,17H,1-2,7-8H2/t12?,15?,17-/m0/s1. The zero-order valence-electron chi connectivity index (χ0n) is 16.3. The summed E-state index contributed by atoms with van der Waals surface area (Å²) < 4.78 is 45.7. The van der Waals surface area contributed by atoms with Gasteiger partial charge >= 0.3 is 5.69 Å². The van der Waals surface area contributed by atoms with E-state index in [2.05, 4.69) is 15.2 Å². The lowest BCUT2D eigenvalue weighted by Crippen LogP contribution is -2.36. The highest BCUT2D eigenvalue weighted by Crippen LogP contribution is 2.44. The lowest BCUT2D eigenvalue weighted by molar-refractivity contribution is 0.230. The van der Waals surface area contributed by atoms with E-state index in [4.69, 9.17) is 0 Å². The first-order chi connectivity index (χ1) is 15.0. The summed E-state index contributed by atoms with van der Waals surface area (Å²) in [7, 11) is 0. The third-order valence-electron chi connectivity index (χ3n) is 6.39. The average Bonchev–Trinajstić information content (AvgIpc) is 3.37. The fourth-order valence-corrected chi connectivity index (χ4v) is 4.86. The van der Waals surface area contributed by atoms with Crippen molar-refractivity contribution in [3.8, 4) is 0 Å². The molecule has 6 rings (SSSR count). The summed E-state index contributed by atoms with van der Waals surface area (Å²) in [5.74, 6) is -1.07. The second-order valence-corrected chi connectivity index (χ2v) is 8.19. The van der Waals surface area contributed by atoms with Crippen molar-refractivity contribution >= 4 is 5.65 Å². The number of nitrogens with zero attached hydrogens (tertiary/aromatic N) is 6. The van der Waals surface area contributed by atoms with Crippen molar-refractivity contribution in [1.29, 1.82) is 0 Å². The number of rotatable bonds is 3. The van der Waals surface area contributed by atoms with E-state index in [-0.39, 0.29) is 23.3 Å². The smallest absolute Gasteiger partial charge is 0.271 e. The van der Waals surface area contributed by atoms with Crippen LogP contribution in [-0.2, 0) is 6.42 Å². The molecule has 1 aliphatic heterocycles. The van der Waals surface area contributed by atoms with Crippen LogP contribution in [0.15, 0.2) is 41.5 Å². The summed E-state index contributed by atoms with van der Waals surface area (Å²) in [6.45, 7) is 0. The van der Waals surface area contributed by atoms with E-state index in [0.29, 0.717) is 37.1 Å². The van der Waals surface area contributed by atoms with Gasteiger partial charge in [-0.05, 0) is 43.0 Å². The lowest BCUT2D eigenvalue weighted by atomic mass is 9.78. The Balaban J connectivity index is 1.28. The third-order valence-corrected chi connectivity index (χ3v) is 6.39. The fourth-order valence-electron chi connectivity index (χ4n) is 4.86. The molecule has 7 nitrogen and oxygen atoms in total. The van der Waals surface area contributed by atoms with Gasteiger partial charge in [-0.2, -0.15) is 10.2 Å². The number of benzene rings is 1. The van der Waals surface area contributed by atoms with E-state index in [0.717, 1.165) is 18.0 Å². The van der Waals surface area contributed by atoms with Crippen molar-refractivity contribution in [2.45, 2.75) is 43.7 Å². The molecule has 1 aliphatic carbocycles. The van der Waals surface area contributed by atoms with Crippen LogP contribution in [0.3, 0.4) is 0 Å². The molecule has 3 aromatic heterocycles. The molecule has 1 fully saturated rings. The van der Waals surface area contributed by atoms with Crippen LogP contribution in [0.25, 0.3) is 5.65 Å². The Morgan fingerprint density at radius 1 is 1.06 bits per heavy atom. The van der Waals surface area contributed by atoms with Gasteiger partial charge in [0.25, 0.3) is 0 Å². The molecule has 1 saturated carbocycles. The normalized spacial score (nSPS) is 22.6. The molecular formula is C21H17F3N6O. The van der Waals surface area contributed by atoms with Crippen LogP contribution in [0.5, 0.6) is 0 Å². The van der Waals surface area contributed by atoms with Gasteiger partial charge in [-0.1, -0.05) is 0 Å². The Labute approximate surface area is 173 Å². The van der Waals surface area contributed by atoms with Gasteiger partial charge < -0.3 is 0 Å². The second-order valence-electron chi connectivity index (χ2n) is 8.19. The van der Waals surface area contributed by atoms with Crippen LogP contribution in [0.2, 0.25) is 0 Å². The predicted molar refractivity (Wildman–Crippen MR) is 103 cm³/mol. The van der Waals surface area contributed by atoms with Crippen LogP contribution in [0.1, 0.15) is 54.3 Å². The topological polar surface area (TPSA) is 70.0 Å². The number of halogens is 3. The van der Waals surface area contributed by atoms with Gasteiger partial charge in [0.05, 0.1) is 18.3 Å². The minimum absolute atomic E-state index is 0.0934. The van der Waals surface area contributed by atoms with Crippen molar-refractivity contribution in [2.75, 3.05) is 0 Å². The minimum Gasteiger partial charge on any atom is -0.271 e. The molecule has 0 bridgehead atoms. The molecule has 1 atom stereocenters. The fraction of sp³-hybridized carbons (Fsp3) is 0.333. The van der Waals surface area contributed by atoms with E-state index in [1.54, 1.807) is 10.8 Å². The first-order valence-corrected chi connectivity index (χ1v) is 10.1. The van der Waals surface area contributed by atoms with Gasteiger partial charge in [-0.3, -0.25) is 4.57 Å². The number of fused-ring (bicyclic) bond motifs is 2. The van der Waals surface area contributed by atoms with Crippen LogP contribution in [-0.4, -0.2) is 28.9 Å². The molecular weight excluding hydrogens is 409 g/mol. The first-order valence-electron chi connectivity index (χ1n) is 10.1. The molecule has 4 aromatic rings. The van der Waals surface area contributed by atoms with Gasteiger partial charge in [0.15, 0.2) is 11.5 Å². The molecule has 1 aromatic carbocycles. The zero-order valence-corrected chi connectivity index (χ0v) is 16.3. The Kier molecular flexibility index (Phi) is 3.87. The number of hydrogen-bond acceptors (Lipinski definition) is 4. The molecule has 10 heteroatoms. The van der Waals surface area contributed by atoms with Crippen LogP contribution in [0, 0.1) is 17.5 Å². The summed E-state index contributed by atoms with van der Waals surface area (Å²) in [5.41, 5.74) is 1.20. The Morgan fingerprint density at radius 3 is 2.61 bits per heavy atom. The summed E-state index contributed by atoms with van der Waals surface area (Å²) in [6.07, 6.45) is 5.17. The van der Waals surface area contributed by atoms with Crippen LogP contribution < -0.4 is 5.69 Å². The van der Waals surface area contributed by atoms with E-state index in [1.807, 2.05) is 6.07 Å². The maximum Gasteiger partial charge on any atom is 0.346 e. The van der Waals surface area contributed by atoms with E-state index < -0.39 is 23.5 Å². The summed E-state index contributed by atoms with van der Waals surface area (Å²) in [5, 5.41) is 8.58. The Morgan fingerprint density at radius 2 is 1.84 bits per heavy atom. The quantitative estimate of drug-likeness (QED) is 0.505. The van der Waals surface area contributed by atoms with Crippen molar-refractivity contribution in [3.05, 3.63) is 81.7 Å². The maximum atomic E-state index is 13.8. The number of aromatic nitrogens is 6. The van der Waals surface area contributed by atoms with E-state index in [9.17, 15) is 18.0 Å². The molecule has 2 aliphatic rings. The van der Waals surface area contributed by atoms with Crippen LogP contribution in [0.4, 0.5) is 13.2 Å². The monoisotopic (exact) mass is 426 g/mol. The number of hydrogen-bond donors (Lipinski definition) is 0. The SMILES string of the molecule is O=c1n(C2CC(c3ccnc4c(F)cnn34)C2)nc2n1[C@H](c1cc(F)cc(F)c1)CC2. The Bertz CT molecular complexity index is 1360. The highest BCUT2D eigenvalue weighted by molar-refractivity contribution is 5.40. The molecule has 0 saturated heterocycles. The summed E-state index contributed by atoms with van der Waals surface area (Å²) >= 11 is 0. The van der Waals surface area contributed by atoms with Crippen molar-refractivity contribution in [3.63, 3.8) is 0 Å². The van der Waals surface area contributed by atoms with Gasteiger partial charge in [-0.15, -0.1) is 0 Å². The molecule has 4 heterocycles. The van der Waals surface area contributed by atoms with Crippen molar-refractivity contribution < 1.29 is 13.2 Å². The summed E-state index contributed by atoms with van der Waals surface area (Å²) in [4.78, 5) is 17.1. The largest absolute Gasteiger partial charge is 0.346 e. The van der Waals surface area contributed by atoms with Crippen molar-refractivity contribution in [1.82, 2.24) is 28.9 Å². The molecule has 0 spiro atoms. The highest BCUT2D eigenvalue weighted by Gasteiger charge is 2.38. The molecule has 0 unspecified atom stereocenters. The second kappa shape index (κ2) is 6.53. The van der Waals surface area contributed by atoms with Gasteiger partial charge in [-0.25, -0.2) is 32.1 Å². The Hall–Kier alpha value is -3.43.